The highest BCUT2D eigenvalue weighted by molar-refractivity contribution is 7.98. The second-order valence-electron chi connectivity index (χ2n) is 6.92. The molecule has 1 aliphatic rings. The van der Waals surface area contributed by atoms with E-state index in [-0.39, 0.29) is 11.8 Å². The molecular formula is C21H28N2O2S. The Morgan fingerprint density at radius 3 is 3.00 bits per heavy atom. The van der Waals surface area contributed by atoms with Gasteiger partial charge in [-0.1, -0.05) is 24.3 Å². The number of aryl methyl sites for hydroxylation is 1. The fraction of sp³-hybridized carbons (Fsp3) is 0.476. The van der Waals surface area contributed by atoms with Gasteiger partial charge in [-0.25, -0.2) is 0 Å². The molecule has 3 rings (SSSR count). The first-order valence-corrected chi connectivity index (χ1v) is 10.5. The van der Waals surface area contributed by atoms with Gasteiger partial charge in [0.25, 0.3) is 0 Å². The van der Waals surface area contributed by atoms with Gasteiger partial charge in [0.1, 0.15) is 5.76 Å². The van der Waals surface area contributed by atoms with Crippen molar-refractivity contribution in [1.82, 2.24) is 10.2 Å². The van der Waals surface area contributed by atoms with Gasteiger partial charge in [0, 0.05) is 25.4 Å². The summed E-state index contributed by atoms with van der Waals surface area (Å²) in [6.07, 6.45) is 3.79. The fourth-order valence-corrected chi connectivity index (χ4v) is 4.16. The Morgan fingerprint density at radius 2 is 2.19 bits per heavy atom. The standard InChI is InChI=1S/C21H28N2O2S/c1-17-6-2-3-7-18(17)14-23-11-4-8-19(15-23)21(24)22-10-13-26-16-20-9-5-12-25-20/h2-3,5-7,9,12,19H,4,8,10-11,13-16H2,1H3,(H,22,24). The molecule has 2 heterocycles. The van der Waals surface area contributed by atoms with Crippen molar-refractivity contribution in [3.63, 3.8) is 0 Å². The van der Waals surface area contributed by atoms with Crippen molar-refractivity contribution in [3.8, 4) is 0 Å². The van der Waals surface area contributed by atoms with Crippen molar-refractivity contribution in [2.24, 2.45) is 5.92 Å². The topological polar surface area (TPSA) is 45.5 Å². The first kappa shape index (κ1) is 19.1. The van der Waals surface area contributed by atoms with Crippen LogP contribution in [0.3, 0.4) is 0 Å². The summed E-state index contributed by atoms with van der Waals surface area (Å²) in [6.45, 7) is 5.76. The highest BCUT2D eigenvalue weighted by Crippen LogP contribution is 2.20. The molecule has 0 spiro atoms. The lowest BCUT2D eigenvalue weighted by Gasteiger charge is -2.32. The second kappa shape index (κ2) is 9.83. The van der Waals surface area contributed by atoms with Gasteiger partial charge in [0.05, 0.1) is 17.9 Å². The van der Waals surface area contributed by atoms with Crippen LogP contribution in [0, 0.1) is 12.8 Å². The molecule has 0 aliphatic carbocycles. The summed E-state index contributed by atoms with van der Waals surface area (Å²) < 4.78 is 5.31. The largest absolute Gasteiger partial charge is 0.468 e. The van der Waals surface area contributed by atoms with Crippen LogP contribution in [0.2, 0.25) is 0 Å². The third-order valence-corrected chi connectivity index (χ3v) is 5.88. The van der Waals surface area contributed by atoms with E-state index in [1.165, 1.54) is 11.1 Å². The zero-order chi connectivity index (χ0) is 18.2. The third kappa shape index (κ3) is 5.64. The summed E-state index contributed by atoms with van der Waals surface area (Å²) in [4.78, 5) is 14.9. The molecule has 1 aliphatic heterocycles. The predicted molar refractivity (Wildman–Crippen MR) is 107 cm³/mol. The maximum absolute atomic E-state index is 12.5. The molecule has 4 nitrogen and oxygen atoms in total. The molecule has 0 saturated carbocycles. The van der Waals surface area contributed by atoms with E-state index in [2.05, 4.69) is 41.4 Å². The maximum atomic E-state index is 12.5. The highest BCUT2D eigenvalue weighted by Gasteiger charge is 2.25. The Balaban J connectivity index is 1.38. The van der Waals surface area contributed by atoms with E-state index >= 15 is 0 Å². The number of hydrogen-bond donors (Lipinski definition) is 1. The van der Waals surface area contributed by atoms with Crippen LogP contribution in [-0.2, 0) is 17.1 Å². The van der Waals surface area contributed by atoms with Crippen LogP contribution in [-0.4, -0.2) is 36.2 Å². The first-order chi connectivity index (χ1) is 12.7. The van der Waals surface area contributed by atoms with Crippen LogP contribution in [0.5, 0.6) is 0 Å². The lowest BCUT2D eigenvalue weighted by molar-refractivity contribution is -0.126. The minimum atomic E-state index is 0.114. The molecule has 5 heteroatoms. The lowest BCUT2D eigenvalue weighted by Crippen LogP contribution is -2.43. The van der Waals surface area contributed by atoms with Crippen molar-refractivity contribution >= 4 is 17.7 Å². The fourth-order valence-electron chi connectivity index (χ4n) is 3.40. The molecule has 1 amide bonds. The molecule has 1 saturated heterocycles. The normalized spacial score (nSPS) is 18.0. The van der Waals surface area contributed by atoms with Crippen molar-refractivity contribution in [2.75, 3.05) is 25.4 Å². The van der Waals surface area contributed by atoms with Crippen LogP contribution in [0.1, 0.15) is 29.7 Å². The number of carbonyl (C=O) groups is 1. The maximum Gasteiger partial charge on any atom is 0.224 e. The minimum absolute atomic E-state index is 0.114. The number of hydrogen-bond acceptors (Lipinski definition) is 4. The van der Waals surface area contributed by atoms with Crippen molar-refractivity contribution in [2.45, 2.75) is 32.1 Å². The van der Waals surface area contributed by atoms with E-state index in [0.29, 0.717) is 0 Å². The Kier molecular flexibility index (Phi) is 7.21. The van der Waals surface area contributed by atoms with E-state index in [1.807, 2.05) is 12.1 Å². The quantitative estimate of drug-likeness (QED) is 0.715. The monoisotopic (exact) mass is 372 g/mol. The molecule has 2 aromatic rings. The summed E-state index contributed by atoms with van der Waals surface area (Å²) in [6, 6.07) is 12.4. The Hall–Kier alpha value is -1.72. The first-order valence-electron chi connectivity index (χ1n) is 9.37. The number of nitrogens with zero attached hydrogens (tertiary/aromatic N) is 1. The zero-order valence-corrected chi connectivity index (χ0v) is 16.3. The summed E-state index contributed by atoms with van der Waals surface area (Å²) in [5, 5.41) is 3.11. The van der Waals surface area contributed by atoms with E-state index in [9.17, 15) is 4.79 Å². The summed E-state index contributed by atoms with van der Waals surface area (Å²) >= 11 is 1.78. The van der Waals surface area contributed by atoms with Gasteiger partial charge in [-0.3, -0.25) is 9.69 Å². The van der Waals surface area contributed by atoms with E-state index in [4.69, 9.17) is 4.42 Å². The number of thioether (sulfide) groups is 1. The number of furan rings is 1. The van der Waals surface area contributed by atoms with Gasteiger partial charge < -0.3 is 9.73 Å². The summed E-state index contributed by atoms with van der Waals surface area (Å²) in [7, 11) is 0. The van der Waals surface area contributed by atoms with Gasteiger partial charge in [0.15, 0.2) is 0 Å². The average Bonchev–Trinajstić information content (AvgIpc) is 3.17. The Bertz CT molecular complexity index is 687. The molecule has 1 fully saturated rings. The van der Waals surface area contributed by atoms with Gasteiger partial charge in [-0.2, -0.15) is 11.8 Å². The Morgan fingerprint density at radius 1 is 1.31 bits per heavy atom. The van der Waals surface area contributed by atoms with Crippen LogP contribution < -0.4 is 5.32 Å². The van der Waals surface area contributed by atoms with E-state index < -0.39 is 0 Å². The zero-order valence-electron chi connectivity index (χ0n) is 15.4. The van der Waals surface area contributed by atoms with Crippen LogP contribution in [0.25, 0.3) is 0 Å². The van der Waals surface area contributed by atoms with Crippen LogP contribution in [0.15, 0.2) is 47.1 Å². The minimum Gasteiger partial charge on any atom is -0.468 e. The molecule has 1 N–H and O–H groups in total. The van der Waals surface area contributed by atoms with Gasteiger partial charge in [-0.05, 0) is 49.6 Å². The molecule has 140 valence electrons. The van der Waals surface area contributed by atoms with Gasteiger partial charge >= 0.3 is 0 Å². The lowest BCUT2D eigenvalue weighted by atomic mass is 9.96. The van der Waals surface area contributed by atoms with E-state index in [0.717, 1.165) is 56.3 Å². The molecule has 1 aromatic carbocycles. The molecule has 26 heavy (non-hydrogen) atoms. The number of amides is 1. The predicted octanol–water partition coefficient (Wildman–Crippen LogP) is 3.85. The number of carbonyl (C=O) groups excluding carboxylic acids is 1. The smallest absolute Gasteiger partial charge is 0.224 e. The van der Waals surface area contributed by atoms with Gasteiger partial charge in [-0.15, -0.1) is 0 Å². The Labute approximate surface area is 160 Å². The number of rotatable bonds is 8. The van der Waals surface area contributed by atoms with E-state index in [1.54, 1.807) is 18.0 Å². The molecule has 0 bridgehead atoms. The average molecular weight is 373 g/mol. The van der Waals surface area contributed by atoms with Crippen LogP contribution >= 0.6 is 11.8 Å². The number of nitrogens with one attached hydrogen (secondary N) is 1. The molecule has 0 radical (unpaired) electrons. The molecule has 1 atom stereocenters. The molecular weight excluding hydrogens is 344 g/mol. The van der Waals surface area contributed by atoms with Gasteiger partial charge in [0.2, 0.25) is 5.91 Å². The number of piperidine rings is 1. The van der Waals surface area contributed by atoms with Crippen molar-refractivity contribution in [3.05, 3.63) is 59.5 Å². The summed E-state index contributed by atoms with van der Waals surface area (Å²) in [5.74, 6) is 3.07. The summed E-state index contributed by atoms with van der Waals surface area (Å²) in [5.41, 5.74) is 2.69. The molecule has 1 unspecified atom stereocenters. The number of benzene rings is 1. The molecule has 1 aromatic heterocycles. The van der Waals surface area contributed by atoms with Crippen molar-refractivity contribution < 1.29 is 9.21 Å². The third-order valence-electron chi connectivity index (χ3n) is 4.90. The highest BCUT2D eigenvalue weighted by atomic mass is 32.2. The SMILES string of the molecule is Cc1ccccc1CN1CCCC(C(=O)NCCSCc2ccco2)C1. The number of likely N-dealkylation sites (tertiary alicyclic amines) is 1. The second-order valence-corrected chi connectivity index (χ2v) is 8.03. The van der Waals surface area contributed by atoms with Crippen molar-refractivity contribution in [1.29, 1.82) is 0 Å². The van der Waals surface area contributed by atoms with Crippen LogP contribution in [0.4, 0.5) is 0 Å².